The number of aromatic carboxylic acids is 1. The molecule has 6 heteroatoms. The summed E-state index contributed by atoms with van der Waals surface area (Å²) in [6.07, 6.45) is 0. The molecule has 2 aromatic carbocycles. The quantitative estimate of drug-likeness (QED) is 0.902. The highest BCUT2D eigenvalue weighted by Gasteiger charge is 2.14. The van der Waals surface area contributed by atoms with E-state index >= 15 is 0 Å². The number of hydrogen-bond acceptors (Lipinski definition) is 2. The van der Waals surface area contributed by atoms with Gasteiger partial charge in [0.15, 0.2) is 0 Å². The van der Waals surface area contributed by atoms with Crippen LogP contribution in [0.3, 0.4) is 0 Å². The van der Waals surface area contributed by atoms with Crippen LogP contribution in [0.2, 0.25) is 0 Å². The molecule has 20 heavy (non-hydrogen) atoms. The average Bonchev–Trinajstić information content (AvgIpc) is 2.38. The third-order valence-electron chi connectivity index (χ3n) is 2.71. The average molecular weight is 281 g/mol. The molecule has 2 rings (SSSR count). The molecule has 0 atom stereocenters. The Labute approximate surface area is 112 Å². The van der Waals surface area contributed by atoms with E-state index in [0.29, 0.717) is 6.07 Å². The molecule has 0 fully saturated rings. The number of carboxylic acids is 1. The molecule has 0 unspecified atom stereocenters. The van der Waals surface area contributed by atoms with Crippen LogP contribution in [0.5, 0.6) is 0 Å². The van der Waals surface area contributed by atoms with Gasteiger partial charge in [0.2, 0.25) is 0 Å². The van der Waals surface area contributed by atoms with E-state index in [1.807, 2.05) is 0 Å². The van der Waals surface area contributed by atoms with Crippen molar-refractivity contribution in [2.45, 2.75) is 6.54 Å². The molecule has 2 aromatic rings. The van der Waals surface area contributed by atoms with Gasteiger partial charge in [-0.25, -0.2) is 18.0 Å². The van der Waals surface area contributed by atoms with Gasteiger partial charge in [-0.2, -0.15) is 0 Å². The number of nitrogens with one attached hydrogen (secondary N) is 1. The summed E-state index contributed by atoms with van der Waals surface area (Å²) in [6.45, 7) is -0.159. The van der Waals surface area contributed by atoms with E-state index < -0.39 is 23.4 Å². The Kier molecular flexibility index (Phi) is 3.93. The summed E-state index contributed by atoms with van der Waals surface area (Å²) in [5.41, 5.74) is -0.387. The second-order valence-electron chi connectivity index (χ2n) is 4.06. The first-order chi connectivity index (χ1) is 9.49. The normalized spacial score (nSPS) is 10.3. The van der Waals surface area contributed by atoms with Gasteiger partial charge >= 0.3 is 5.97 Å². The molecule has 0 aliphatic carbocycles. The van der Waals surface area contributed by atoms with E-state index in [4.69, 9.17) is 5.11 Å². The number of carbonyl (C=O) groups is 1. The van der Waals surface area contributed by atoms with Crippen LogP contribution in [0.4, 0.5) is 18.9 Å². The number of carboxylic acid groups (broad SMARTS) is 1. The van der Waals surface area contributed by atoms with E-state index in [1.165, 1.54) is 18.2 Å². The van der Waals surface area contributed by atoms with Crippen molar-refractivity contribution in [1.82, 2.24) is 0 Å². The molecule has 2 N–H and O–H groups in total. The summed E-state index contributed by atoms with van der Waals surface area (Å²) in [6, 6.07) is 6.57. The Morgan fingerprint density at radius 3 is 2.50 bits per heavy atom. The van der Waals surface area contributed by atoms with Crippen LogP contribution in [0.1, 0.15) is 15.9 Å². The minimum Gasteiger partial charge on any atom is -0.478 e. The van der Waals surface area contributed by atoms with E-state index in [9.17, 15) is 18.0 Å². The number of halogens is 3. The van der Waals surface area contributed by atoms with Gasteiger partial charge in [0.1, 0.15) is 17.5 Å². The van der Waals surface area contributed by atoms with Gasteiger partial charge in [-0.3, -0.25) is 0 Å². The Morgan fingerprint density at radius 1 is 1.10 bits per heavy atom. The Morgan fingerprint density at radius 2 is 1.85 bits per heavy atom. The minimum atomic E-state index is -1.30. The van der Waals surface area contributed by atoms with Gasteiger partial charge in [-0.15, -0.1) is 0 Å². The maximum Gasteiger partial charge on any atom is 0.337 e. The lowest BCUT2D eigenvalue weighted by Gasteiger charge is -2.11. The van der Waals surface area contributed by atoms with Gasteiger partial charge < -0.3 is 10.4 Å². The van der Waals surface area contributed by atoms with Gasteiger partial charge in [0.05, 0.1) is 11.3 Å². The number of benzene rings is 2. The van der Waals surface area contributed by atoms with E-state index in [-0.39, 0.29) is 23.4 Å². The molecular formula is C14H10F3NO2. The lowest BCUT2D eigenvalue weighted by Crippen LogP contribution is -2.09. The first-order valence-corrected chi connectivity index (χ1v) is 5.68. The number of rotatable bonds is 4. The molecule has 0 saturated heterocycles. The summed E-state index contributed by atoms with van der Waals surface area (Å²) in [4.78, 5) is 11.0. The lowest BCUT2D eigenvalue weighted by molar-refractivity contribution is 0.0697. The molecule has 0 radical (unpaired) electrons. The van der Waals surface area contributed by atoms with Crippen LogP contribution in [-0.4, -0.2) is 11.1 Å². The molecule has 3 nitrogen and oxygen atoms in total. The van der Waals surface area contributed by atoms with Crippen molar-refractivity contribution in [1.29, 1.82) is 0 Å². The van der Waals surface area contributed by atoms with Crippen LogP contribution in [-0.2, 0) is 6.54 Å². The van der Waals surface area contributed by atoms with Crippen molar-refractivity contribution in [2.75, 3.05) is 5.32 Å². The minimum absolute atomic E-state index is 0.103. The van der Waals surface area contributed by atoms with Crippen molar-refractivity contribution >= 4 is 11.7 Å². The molecule has 0 heterocycles. The number of anilines is 1. The Bertz CT molecular complexity index is 659. The zero-order valence-electron chi connectivity index (χ0n) is 10.2. The van der Waals surface area contributed by atoms with Crippen LogP contribution in [0, 0.1) is 17.5 Å². The predicted molar refractivity (Wildman–Crippen MR) is 67.0 cm³/mol. The monoisotopic (exact) mass is 281 g/mol. The molecular weight excluding hydrogens is 271 g/mol. The Balaban J connectivity index is 2.25. The largest absolute Gasteiger partial charge is 0.478 e. The summed E-state index contributed by atoms with van der Waals surface area (Å²) >= 11 is 0. The zero-order chi connectivity index (χ0) is 14.7. The molecule has 0 saturated carbocycles. The number of para-hydroxylation sites is 1. The van der Waals surface area contributed by atoms with Crippen LogP contribution in [0.15, 0.2) is 36.4 Å². The smallest absolute Gasteiger partial charge is 0.337 e. The maximum absolute atomic E-state index is 13.6. The molecule has 104 valence electrons. The van der Waals surface area contributed by atoms with E-state index in [2.05, 4.69) is 5.32 Å². The third kappa shape index (κ3) is 2.90. The second kappa shape index (κ2) is 5.64. The summed E-state index contributed by atoms with van der Waals surface area (Å²) < 4.78 is 39.8. The summed E-state index contributed by atoms with van der Waals surface area (Å²) in [7, 11) is 0. The SMILES string of the molecule is O=C(O)c1cccc(F)c1NCc1ccc(F)cc1F. The zero-order valence-corrected chi connectivity index (χ0v) is 10.2. The molecule has 0 spiro atoms. The maximum atomic E-state index is 13.6. The van der Waals surface area contributed by atoms with Crippen molar-refractivity contribution in [3.05, 3.63) is 65.0 Å². The predicted octanol–water partition coefficient (Wildman–Crippen LogP) is 3.41. The number of hydrogen-bond donors (Lipinski definition) is 2. The van der Waals surface area contributed by atoms with E-state index in [1.54, 1.807) is 0 Å². The van der Waals surface area contributed by atoms with Gasteiger partial charge in [-0.1, -0.05) is 12.1 Å². The fraction of sp³-hybridized carbons (Fsp3) is 0.0714. The van der Waals surface area contributed by atoms with Crippen LogP contribution >= 0.6 is 0 Å². The highest BCUT2D eigenvalue weighted by atomic mass is 19.1. The molecule has 0 bridgehead atoms. The van der Waals surface area contributed by atoms with Gasteiger partial charge in [-0.05, 0) is 18.2 Å². The molecule has 0 aromatic heterocycles. The van der Waals surface area contributed by atoms with Crippen molar-refractivity contribution < 1.29 is 23.1 Å². The topological polar surface area (TPSA) is 49.3 Å². The molecule has 0 amide bonds. The highest BCUT2D eigenvalue weighted by molar-refractivity contribution is 5.94. The fourth-order valence-electron chi connectivity index (χ4n) is 1.73. The molecule has 0 aliphatic heterocycles. The first-order valence-electron chi connectivity index (χ1n) is 5.68. The fourth-order valence-corrected chi connectivity index (χ4v) is 1.73. The van der Waals surface area contributed by atoms with Gasteiger partial charge in [0.25, 0.3) is 0 Å². The van der Waals surface area contributed by atoms with Crippen LogP contribution < -0.4 is 5.32 Å². The highest BCUT2D eigenvalue weighted by Crippen LogP contribution is 2.21. The lowest BCUT2D eigenvalue weighted by atomic mass is 10.1. The third-order valence-corrected chi connectivity index (χ3v) is 2.71. The molecule has 0 aliphatic rings. The van der Waals surface area contributed by atoms with E-state index in [0.717, 1.165) is 12.1 Å². The summed E-state index contributed by atoms with van der Waals surface area (Å²) in [5.74, 6) is -3.56. The van der Waals surface area contributed by atoms with Gasteiger partial charge in [0, 0.05) is 18.2 Å². The van der Waals surface area contributed by atoms with Crippen molar-refractivity contribution in [3.63, 3.8) is 0 Å². The second-order valence-corrected chi connectivity index (χ2v) is 4.06. The van der Waals surface area contributed by atoms with Crippen molar-refractivity contribution in [2.24, 2.45) is 0 Å². The van der Waals surface area contributed by atoms with Crippen LogP contribution in [0.25, 0.3) is 0 Å². The Hall–Kier alpha value is -2.50. The van der Waals surface area contributed by atoms with Crippen molar-refractivity contribution in [3.8, 4) is 0 Å². The first kappa shape index (κ1) is 13.9. The standard InChI is InChI=1S/C14H10F3NO2/c15-9-5-4-8(12(17)6-9)7-18-13-10(14(19)20)2-1-3-11(13)16/h1-6,18H,7H2,(H,19,20). The summed E-state index contributed by atoms with van der Waals surface area (Å²) in [5, 5.41) is 11.5.